The molecular weight excluding hydrogens is 456 g/mol. The molecule has 0 aliphatic rings. The minimum Gasteiger partial charge on any atom is -0.372 e. The smallest absolute Gasteiger partial charge is 0.260 e. The summed E-state index contributed by atoms with van der Waals surface area (Å²) >= 11 is 3.31. The van der Waals surface area contributed by atoms with Crippen molar-refractivity contribution < 1.29 is 13.2 Å². The molecule has 0 saturated carbocycles. The topological polar surface area (TPSA) is 82.1 Å². The normalized spacial score (nSPS) is 11.4. The molecule has 1 amide bonds. The number of halogens is 1. The molecule has 0 atom stereocenters. The number of carbonyl (C=O) groups excluding carboxylic acids is 1. The molecule has 0 bridgehead atoms. The van der Waals surface area contributed by atoms with Gasteiger partial charge >= 0.3 is 0 Å². The highest BCUT2D eigenvalue weighted by atomic mass is 79.9. The molecule has 2 aromatic carbocycles. The summed E-state index contributed by atoms with van der Waals surface area (Å²) in [7, 11) is -3.63. The van der Waals surface area contributed by atoms with E-state index < -0.39 is 15.9 Å². The number of hydrazone groups is 1. The minimum absolute atomic E-state index is 0.368. The maximum atomic E-state index is 12.2. The largest absolute Gasteiger partial charge is 0.372 e. The summed E-state index contributed by atoms with van der Waals surface area (Å²) in [5, 5.41) is 3.93. The molecule has 2 rings (SSSR count). The highest BCUT2D eigenvalue weighted by Gasteiger charge is 2.20. The van der Waals surface area contributed by atoms with Crippen LogP contribution >= 0.6 is 15.9 Å². The van der Waals surface area contributed by atoms with E-state index in [9.17, 15) is 13.2 Å². The summed E-state index contributed by atoms with van der Waals surface area (Å²) in [6, 6.07) is 14.6. The van der Waals surface area contributed by atoms with Gasteiger partial charge in [-0.2, -0.15) is 5.10 Å². The minimum atomic E-state index is -3.63. The van der Waals surface area contributed by atoms with Crippen LogP contribution in [0.4, 0.5) is 11.4 Å². The van der Waals surface area contributed by atoms with Crippen molar-refractivity contribution in [1.82, 2.24) is 5.43 Å². The van der Waals surface area contributed by atoms with Crippen LogP contribution in [0.15, 0.2) is 58.1 Å². The van der Waals surface area contributed by atoms with Gasteiger partial charge < -0.3 is 4.90 Å². The zero-order chi connectivity index (χ0) is 21.4. The molecule has 0 aliphatic carbocycles. The number of nitrogens with zero attached hydrogens (tertiary/aromatic N) is 3. The third kappa shape index (κ3) is 6.86. The van der Waals surface area contributed by atoms with Crippen molar-refractivity contribution in [2.75, 3.05) is 35.1 Å². The quantitative estimate of drug-likeness (QED) is 0.441. The number of nitrogens with one attached hydrogen (secondary N) is 1. The predicted octanol–water partition coefficient (Wildman–Crippen LogP) is 3.21. The van der Waals surface area contributed by atoms with Crippen molar-refractivity contribution in [2.24, 2.45) is 5.10 Å². The molecule has 0 aliphatic heterocycles. The fraction of sp³-hybridized carbons (Fsp3) is 0.300. The Balaban J connectivity index is 2.02. The predicted molar refractivity (Wildman–Crippen MR) is 122 cm³/mol. The lowest BCUT2D eigenvalue weighted by Crippen LogP contribution is -2.39. The van der Waals surface area contributed by atoms with E-state index in [2.05, 4.69) is 45.2 Å². The lowest BCUT2D eigenvalue weighted by molar-refractivity contribution is -0.119. The Labute approximate surface area is 180 Å². The Bertz CT molecular complexity index is 958. The molecule has 156 valence electrons. The third-order valence-electron chi connectivity index (χ3n) is 4.21. The third-order valence-corrected chi connectivity index (χ3v) is 5.84. The molecule has 0 radical (unpaired) electrons. The first-order valence-electron chi connectivity index (χ1n) is 9.14. The van der Waals surface area contributed by atoms with Gasteiger partial charge in [0.2, 0.25) is 10.0 Å². The lowest BCUT2D eigenvalue weighted by Gasteiger charge is -2.21. The first kappa shape index (κ1) is 22.9. The Morgan fingerprint density at radius 2 is 1.76 bits per heavy atom. The zero-order valence-corrected chi connectivity index (χ0v) is 19.1. The first-order chi connectivity index (χ1) is 13.7. The number of sulfonamides is 1. The number of hydrogen-bond acceptors (Lipinski definition) is 5. The van der Waals surface area contributed by atoms with Crippen LogP contribution < -0.4 is 14.6 Å². The van der Waals surface area contributed by atoms with E-state index in [1.54, 1.807) is 24.3 Å². The van der Waals surface area contributed by atoms with Crippen LogP contribution in [0.3, 0.4) is 0 Å². The number of benzene rings is 2. The monoisotopic (exact) mass is 480 g/mol. The summed E-state index contributed by atoms with van der Waals surface area (Å²) in [6.07, 6.45) is 2.58. The number of hydrogen-bond donors (Lipinski definition) is 1. The average molecular weight is 481 g/mol. The molecule has 9 heteroatoms. The van der Waals surface area contributed by atoms with Crippen LogP contribution in [0, 0.1) is 0 Å². The first-order valence-corrected chi connectivity index (χ1v) is 11.8. The van der Waals surface area contributed by atoms with Crippen LogP contribution in [-0.2, 0) is 14.8 Å². The number of anilines is 2. The summed E-state index contributed by atoms with van der Waals surface area (Å²) in [4.78, 5) is 14.4. The molecule has 7 nitrogen and oxygen atoms in total. The van der Waals surface area contributed by atoms with E-state index in [4.69, 9.17) is 0 Å². The molecule has 0 spiro atoms. The van der Waals surface area contributed by atoms with Gasteiger partial charge in [-0.25, -0.2) is 13.8 Å². The maximum absolute atomic E-state index is 12.2. The fourth-order valence-electron chi connectivity index (χ4n) is 2.74. The van der Waals surface area contributed by atoms with Crippen LogP contribution in [0.1, 0.15) is 19.4 Å². The number of carbonyl (C=O) groups is 1. The zero-order valence-electron chi connectivity index (χ0n) is 16.7. The molecule has 0 heterocycles. The van der Waals surface area contributed by atoms with Gasteiger partial charge in [0, 0.05) is 23.2 Å². The molecule has 29 heavy (non-hydrogen) atoms. The Hall–Kier alpha value is -2.39. The van der Waals surface area contributed by atoms with E-state index in [-0.39, 0.29) is 6.54 Å². The molecule has 0 saturated heterocycles. The van der Waals surface area contributed by atoms with E-state index in [0.717, 1.165) is 39.4 Å². The van der Waals surface area contributed by atoms with Crippen LogP contribution in [-0.4, -0.2) is 46.4 Å². The van der Waals surface area contributed by atoms with Crippen molar-refractivity contribution in [1.29, 1.82) is 0 Å². The fourth-order valence-corrected chi connectivity index (χ4v) is 3.97. The van der Waals surface area contributed by atoms with Crippen molar-refractivity contribution in [3.63, 3.8) is 0 Å². The van der Waals surface area contributed by atoms with Gasteiger partial charge in [0.25, 0.3) is 5.91 Å². The SMILES string of the molecule is CCN(CC)c1ccc(/C=N/NC(=O)CN(c2cccc(Br)c2)S(C)(=O)=O)cc1. The maximum Gasteiger partial charge on any atom is 0.260 e. The van der Waals surface area contributed by atoms with Gasteiger partial charge in [-0.05, 0) is 49.7 Å². The van der Waals surface area contributed by atoms with E-state index in [1.165, 1.54) is 6.21 Å². The van der Waals surface area contributed by atoms with E-state index in [0.29, 0.717) is 5.69 Å². The van der Waals surface area contributed by atoms with Crippen LogP contribution in [0.2, 0.25) is 0 Å². The van der Waals surface area contributed by atoms with Crippen molar-refractivity contribution in [3.8, 4) is 0 Å². The van der Waals surface area contributed by atoms with Crippen molar-refractivity contribution in [2.45, 2.75) is 13.8 Å². The number of amides is 1. The Kier molecular flexibility index (Phi) is 8.21. The van der Waals surface area contributed by atoms with Gasteiger partial charge in [0.1, 0.15) is 6.54 Å². The molecule has 0 unspecified atom stereocenters. The second kappa shape index (κ2) is 10.4. The van der Waals surface area contributed by atoms with Crippen LogP contribution in [0.5, 0.6) is 0 Å². The second-order valence-electron chi connectivity index (χ2n) is 6.31. The van der Waals surface area contributed by atoms with Gasteiger partial charge in [-0.1, -0.05) is 34.1 Å². The highest BCUT2D eigenvalue weighted by molar-refractivity contribution is 9.10. The molecule has 0 fully saturated rings. The average Bonchev–Trinajstić information content (AvgIpc) is 2.67. The summed E-state index contributed by atoms with van der Waals surface area (Å²) < 4.78 is 25.9. The van der Waals surface area contributed by atoms with Gasteiger partial charge in [-0.15, -0.1) is 0 Å². The molecular formula is C20H25BrN4O3S. The molecule has 2 aromatic rings. The van der Waals surface area contributed by atoms with Gasteiger partial charge in [0.05, 0.1) is 18.2 Å². The van der Waals surface area contributed by atoms with Gasteiger partial charge in [-0.3, -0.25) is 9.10 Å². The van der Waals surface area contributed by atoms with Gasteiger partial charge in [0.15, 0.2) is 0 Å². The van der Waals surface area contributed by atoms with Crippen molar-refractivity contribution in [3.05, 3.63) is 58.6 Å². The van der Waals surface area contributed by atoms with Crippen LogP contribution in [0.25, 0.3) is 0 Å². The van der Waals surface area contributed by atoms with E-state index in [1.807, 2.05) is 24.3 Å². The summed E-state index contributed by atoms with van der Waals surface area (Å²) in [6.45, 7) is 5.68. The molecule has 0 aromatic heterocycles. The molecule has 1 N–H and O–H groups in total. The second-order valence-corrected chi connectivity index (χ2v) is 9.13. The Morgan fingerprint density at radius 1 is 1.10 bits per heavy atom. The summed E-state index contributed by atoms with van der Waals surface area (Å²) in [5.41, 5.74) is 4.72. The van der Waals surface area contributed by atoms with E-state index >= 15 is 0 Å². The highest BCUT2D eigenvalue weighted by Crippen LogP contribution is 2.21. The Morgan fingerprint density at radius 3 is 2.31 bits per heavy atom. The van der Waals surface area contributed by atoms with Crippen molar-refractivity contribution >= 4 is 49.4 Å². The summed E-state index contributed by atoms with van der Waals surface area (Å²) in [5.74, 6) is -0.536. The lowest BCUT2D eigenvalue weighted by atomic mass is 10.2. The standard InChI is InChI=1S/C20H25BrN4O3S/c1-4-24(5-2)18-11-9-16(10-12-18)14-22-23-20(26)15-25(29(3,27)28)19-8-6-7-17(21)13-19/h6-14H,4-5,15H2,1-3H3,(H,23,26)/b22-14+. The number of rotatable bonds is 9.